The van der Waals surface area contributed by atoms with E-state index in [1.807, 2.05) is 30.3 Å². The molecular weight excluding hydrogens is 420 g/mol. The van der Waals surface area contributed by atoms with Crippen molar-refractivity contribution in [1.82, 2.24) is 10.5 Å². The van der Waals surface area contributed by atoms with E-state index in [2.05, 4.69) is 10.5 Å². The van der Waals surface area contributed by atoms with Crippen molar-refractivity contribution >= 4 is 23.4 Å². The van der Waals surface area contributed by atoms with Gasteiger partial charge >= 0.3 is 10.8 Å². The number of nitrogens with one attached hydrogen (secondary N) is 2. The maximum absolute atomic E-state index is 11.2. The summed E-state index contributed by atoms with van der Waals surface area (Å²) in [6.45, 7) is 2.03. The molecule has 0 aliphatic rings. The quantitative estimate of drug-likeness (QED) is 0.191. The summed E-state index contributed by atoms with van der Waals surface area (Å²) in [5.74, 6) is 0.731. The number of thiazole rings is 1. The van der Waals surface area contributed by atoms with Crippen LogP contribution in [0.15, 0.2) is 59.5 Å². The minimum atomic E-state index is -0.365. The van der Waals surface area contributed by atoms with Gasteiger partial charge in [-0.2, -0.15) is 0 Å². The lowest BCUT2D eigenvalue weighted by Crippen LogP contribution is -2.13. The predicted octanol–water partition coefficient (Wildman–Crippen LogP) is 3.23. The SMILES string of the molecule is CC(=O)Oc1cccc(C=CNOCCOc2ccc(Cc3sc(=O)[nH]c3O)cc2)c1. The van der Waals surface area contributed by atoms with Crippen molar-refractivity contribution in [2.75, 3.05) is 13.2 Å². The summed E-state index contributed by atoms with van der Waals surface area (Å²) in [5.41, 5.74) is 4.52. The third kappa shape index (κ3) is 7.32. The van der Waals surface area contributed by atoms with E-state index >= 15 is 0 Å². The van der Waals surface area contributed by atoms with Gasteiger partial charge in [-0.3, -0.25) is 24.9 Å². The molecule has 0 atom stereocenters. The summed E-state index contributed by atoms with van der Waals surface area (Å²) >= 11 is 0.997. The largest absolute Gasteiger partial charge is 0.494 e. The summed E-state index contributed by atoms with van der Waals surface area (Å²) in [4.78, 5) is 30.2. The number of benzene rings is 2. The Balaban J connectivity index is 1.35. The highest BCUT2D eigenvalue weighted by Gasteiger charge is 2.07. The van der Waals surface area contributed by atoms with Crippen molar-refractivity contribution < 1.29 is 24.2 Å². The molecule has 8 nitrogen and oxygen atoms in total. The van der Waals surface area contributed by atoms with E-state index in [0.717, 1.165) is 22.5 Å². The summed E-state index contributed by atoms with van der Waals surface area (Å²) in [7, 11) is 0. The Morgan fingerprint density at radius 3 is 2.68 bits per heavy atom. The van der Waals surface area contributed by atoms with Crippen molar-refractivity contribution in [3.8, 4) is 17.4 Å². The van der Waals surface area contributed by atoms with Crippen LogP contribution in [-0.2, 0) is 16.1 Å². The van der Waals surface area contributed by atoms with Crippen LogP contribution in [-0.4, -0.2) is 29.3 Å². The molecule has 31 heavy (non-hydrogen) atoms. The van der Waals surface area contributed by atoms with Crippen molar-refractivity contribution in [3.05, 3.63) is 80.4 Å². The molecule has 0 amide bonds. The van der Waals surface area contributed by atoms with Crippen molar-refractivity contribution in [2.24, 2.45) is 0 Å². The predicted molar refractivity (Wildman–Crippen MR) is 117 cm³/mol. The molecule has 0 aliphatic heterocycles. The first-order valence-corrected chi connectivity index (χ1v) is 10.3. The van der Waals surface area contributed by atoms with Crippen molar-refractivity contribution in [3.63, 3.8) is 0 Å². The van der Waals surface area contributed by atoms with Gasteiger partial charge in [0.2, 0.25) is 5.88 Å². The number of esters is 1. The number of hydrogen-bond donors (Lipinski definition) is 3. The van der Waals surface area contributed by atoms with Crippen LogP contribution in [0.1, 0.15) is 22.9 Å². The number of aromatic hydroxyl groups is 1. The molecule has 0 aliphatic carbocycles. The Bertz CT molecular complexity index is 1090. The Morgan fingerprint density at radius 2 is 1.97 bits per heavy atom. The molecular formula is C22H22N2O6S. The summed E-state index contributed by atoms with van der Waals surface area (Å²) in [5, 5.41) is 9.65. The molecule has 3 rings (SSSR count). The van der Waals surface area contributed by atoms with E-state index < -0.39 is 0 Å². The first-order valence-electron chi connectivity index (χ1n) is 9.44. The zero-order valence-corrected chi connectivity index (χ0v) is 17.6. The fourth-order valence-corrected chi connectivity index (χ4v) is 3.41. The minimum Gasteiger partial charge on any atom is -0.494 e. The smallest absolute Gasteiger partial charge is 0.308 e. The molecule has 0 saturated carbocycles. The van der Waals surface area contributed by atoms with Crippen LogP contribution >= 0.6 is 11.3 Å². The summed E-state index contributed by atoms with van der Waals surface area (Å²) in [6.07, 6.45) is 3.89. The van der Waals surface area contributed by atoms with Gasteiger partial charge in [0.05, 0.1) is 4.88 Å². The number of rotatable bonds is 10. The molecule has 0 spiro atoms. The Morgan fingerprint density at radius 1 is 1.16 bits per heavy atom. The van der Waals surface area contributed by atoms with Crippen LogP contribution in [0.25, 0.3) is 6.08 Å². The fraction of sp³-hybridized carbons (Fsp3) is 0.182. The van der Waals surface area contributed by atoms with E-state index in [9.17, 15) is 14.7 Å². The lowest BCUT2D eigenvalue weighted by molar-refractivity contribution is -0.131. The maximum atomic E-state index is 11.2. The van der Waals surface area contributed by atoms with Crippen molar-refractivity contribution in [1.29, 1.82) is 0 Å². The lowest BCUT2D eigenvalue weighted by Gasteiger charge is -2.07. The van der Waals surface area contributed by atoms with Crippen LogP contribution in [0.4, 0.5) is 0 Å². The van der Waals surface area contributed by atoms with E-state index in [1.165, 1.54) is 6.92 Å². The Kier molecular flexibility index (Phi) is 7.85. The van der Waals surface area contributed by atoms with Crippen LogP contribution in [0.3, 0.4) is 0 Å². The second kappa shape index (κ2) is 11.0. The van der Waals surface area contributed by atoms with Crippen LogP contribution < -0.4 is 19.8 Å². The molecule has 0 radical (unpaired) electrons. The normalized spacial score (nSPS) is 10.9. The molecule has 162 valence electrons. The standard InChI is InChI=1S/C22H22N2O6S/c1-15(25)30-19-4-2-3-16(13-19)9-10-23-29-12-11-28-18-7-5-17(6-8-18)14-20-21(26)24-22(27)31-20/h2-10,13,23,26H,11-12,14H2,1H3,(H,24,27). The molecule has 0 bridgehead atoms. The van der Waals surface area contributed by atoms with Crippen molar-refractivity contribution in [2.45, 2.75) is 13.3 Å². The molecule has 3 aromatic rings. The van der Waals surface area contributed by atoms with Gasteiger partial charge in [-0.25, -0.2) is 0 Å². The van der Waals surface area contributed by atoms with E-state index in [0.29, 0.717) is 36.0 Å². The molecule has 1 aromatic heterocycles. The highest BCUT2D eigenvalue weighted by atomic mass is 32.1. The molecule has 0 unspecified atom stereocenters. The molecule has 0 fully saturated rings. The molecule has 0 saturated heterocycles. The first-order chi connectivity index (χ1) is 15.0. The third-order valence-corrected chi connectivity index (χ3v) is 4.86. The third-order valence-electron chi connectivity index (χ3n) is 3.99. The Hall–Kier alpha value is -3.56. The van der Waals surface area contributed by atoms with Gasteiger partial charge in [0.15, 0.2) is 0 Å². The van der Waals surface area contributed by atoms with Gasteiger partial charge in [0.25, 0.3) is 0 Å². The number of carbonyl (C=O) groups is 1. The first kappa shape index (κ1) is 22.1. The van der Waals surface area contributed by atoms with Gasteiger partial charge < -0.3 is 14.6 Å². The number of hydroxylamine groups is 1. The van der Waals surface area contributed by atoms with Gasteiger partial charge in [0.1, 0.15) is 24.7 Å². The molecule has 9 heteroatoms. The van der Waals surface area contributed by atoms with Gasteiger partial charge in [0, 0.05) is 19.5 Å². The topological polar surface area (TPSA) is 110 Å². The number of H-pyrrole nitrogens is 1. The van der Waals surface area contributed by atoms with Gasteiger partial charge in [-0.1, -0.05) is 35.6 Å². The second-order valence-electron chi connectivity index (χ2n) is 6.42. The number of aromatic nitrogens is 1. The Labute approximate surface area is 182 Å². The monoisotopic (exact) mass is 442 g/mol. The fourth-order valence-electron chi connectivity index (χ4n) is 2.65. The number of ether oxygens (including phenoxy) is 2. The zero-order chi connectivity index (χ0) is 22.1. The summed E-state index contributed by atoms with van der Waals surface area (Å²) in [6, 6.07) is 14.5. The van der Waals surface area contributed by atoms with Gasteiger partial charge in [-0.15, -0.1) is 0 Å². The maximum Gasteiger partial charge on any atom is 0.308 e. The second-order valence-corrected chi connectivity index (χ2v) is 7.49. The van der Waals surface area contributed by atoms with E-state index in [4.69, 9.17) is 14.3 Å². The van der Waals surface area contributed by atoms with Crippen LogP contribution in [0, 0.1) is 0 Å². The number of aromatic amines is 1. The number of carbonyl (C=O) groups excluding carboxylic acids is 1. The molecule has 2 aromatic carbocycles. The van der Waals surface area contributed by atoms with Crippen LogP contribution in [0.2, 0.25) is 0 Å². The van der Waals surface area contributed by atoms with Crippen LogP contribution in [0.5, 0.6) is 17.4 Å². The minimum absolute atomic E-state index is 0.0777. The molecule has 3 N–H and O–H groups in total. The van der Waals surface area contributed by atoms with E-state index in [-0.39, 0.29) is 16.7 Å². The highest BCUT2D eigenvalue weighted by molar-refractivity contribution is 7.09. The highest BCUT2D eigenvalue weighted by Crippen LogP contribution is 2.21. The molecule has 1 heterocycles. The zero-order valence-electron chi connectivity index (χ0n) is 16.8. The van der Waals surface area contributed by atoms with Gasteiger partial charge in [-0.05, 0) is 41.5 Å². The lowest BCUT2D eigenvalue weighted by atomic mass is 10.1. The average molecular weight is 442 g/mol. The van der Waals surface area contributed by atoms with E-state index in [1.54, 1.807) is 30.5 Å². The summed E-state index contributed by atoms with van der Waals surface area (Å²) < 4.78 is 10.7. The average Bonchev–Trinajstić information content (AvgIpc) is 3.05. The number of hydrogen-bond acceptors (Lipinski definition) is 8.